The Balaban J connectivity index is 2.85. The Morgan fingerprint density at radius 2 is 2.19 bits per heavy atom. The topological polar surface area (TPSA) is 26.3 Å². The van der Waals surface area contributed by atoms with Gasteiger partial charge in [-0.2, -0.15) is 0 Å². The average Bonchev–Trinajstić information content (AvgIpc) is 2.28. The predicted molar refractivity (Wildman–Crippen MR) is 72.2 cm³/mol. The lowest BCUT2D eigenvalue weighted by Gasteiger charge is -2.06. The summed E-state index contributed by atoms with van der Waals surface area (Å²) < 4.78 is 5.78. The van der Waals surface area contributed by atoms with E-state index in [0.29, 0.717) is 12.2 Å². The van der Waals surface area contributed by atoms with Crippen molar-refractivity contribution in [1.29, 1.82) is 0 Å². The molecule has 0 saturated heterocycles. The van der Waals surface area contributed by atoms with Crippen LogP contribution in [0.25, 0.3) is 0 Å². The van der Waals surface area contributed by atoms with Gasteiger partial charge in [0, 0.05) is 9.80 Å². The Hall–Kier alpha value is -0.350. The Morgan fingerprint density at radius 1 is 1.44 bits per heavy atom. The molecular formula is C12H14Br2O2. The summed E-state index contributed by atoms with van der Waals surface area (Å²) in [6.45, 7) is 2.21. The van der Waals surface area contributed by atoms with E-state index in [1.165, 1.54) is 0 Å². The van der Waals surface area contributed by atoms with E-state index in [-0.39, 0.29) is 5.97 Å². The average molecular weight is 350 g/mol. The molecule has 0 radical (unpaired) electrons. The van der Waals surface area contributed by atoms with E-state index in [4.69, 9.17) is 4.74 Å². The number of rotatable bonds is 5. The Bertz CT molecular complexity index is 364. The van der Waals surface area contributed by atoms with E-state index in [9.17, 15) is 4.79 Å². The molecule has 0 unspecified atom stereocenters. The van der Waals surface area contributed by atoms with Gasteiger partial charge in [0.05, 0.1) is 12.2 Å². The second-order valence-electron chi connectivity index (χ2n) is 3.33. The second kappa shape index (κ2) is 7.07. The maximum absolute atomic E-state index is 11.6. The molecule has 2 nitrogen and oxygen atoms in total. The molecule has 0 spiro atoms. The number of hydrogen-bond donors (Lipinski definition) is 0. The Kier molecular flexibility index (Phi) is 6.06. The van der Waals surface area contributed by atoms with E-state index in [1.807, 2.05) is 18.2 Å². The van der Waals surface area contributed by atoms with Crippen LogP contribution in [0, 0.1) is 0 Å². The quantitative estimate of drug-likeness (QED) is 0.594. The lowest BCUT2D eigenvalue weighted by Crippen LogP contribution is -2.06. The molecule has 0 heterocycles. The molecule has 1 rings (SSSR count). The molecule has 0 bridgehead atoms. The van der Waals surface area contributed by atoms with E-state index < -0.39 is 0 Å². The molecule has 1 aromatic rings. The Morgan fingerprint density at radius 3 is 2.81 bits per heavy atom. The lowest BCUT2D eigenvalue weighted by atomic mass is 10.1. The largest absolute Gasteiger partial charge is 0.462 e. The first-order chi connectivity index (χ1) is 7.69. The molecule has 4 heteroatoms. The van der Waals surface area contributed by atoms with Crippen LogP contribution in [0.3, 0.4) is 0 Å². The van der Waals surface area contributed by atoms with Gasteiger partial charge in [0.25, 0.3) is 0 Å². The zero-order valence-electron chi connectivity index (χ0n) is 9.13. The normalized spacial score (nSPS) is 10.2. The van der Waals surface area contributed by atoms with Crippen LogP contribution in [0.2, 0.25) is 0 Å². The maximum Gasteiger partial charge on any atom is 0.339 e. The number of halogens is 2. The SMILES string of the molecule is CCOC(=O)c1cc(CCCBr)ccc1Br. The van der Waals surface area contributed by atoms with Crippen molar-refractivity contribution in [3.05, 3.63) is 33.8 Å². The molecular weight excluding hydrogens is 336 g/mol. The van der Waals surface area contributed by atoms with Gasteiger partial charge in [-0.1, -0.05) is 22.0 Å². The van der Waals surface area contributed by atoms with Crippen molar-refractivity contribution in [2.24, 2.45) is 0 Å². The second-order valence-corrected chi connectivity index (χ2v) is 4.97. The van der Waals surface area contributed by atoms with Crippen molar-refractivity contribution in [1.82, 2.24) is 0 Å². The van der Waals surface area contributed by atoms with Crippen molar-refractivity contribution in [2.45, 2.75) is 19.8 Å². The van der Waals surface area contributed by atoms with E-state index in [2.05, 4.69) is 31.9 Å². The van der Waals surface area contributed by atoms with Crippen LogP contribution in [0.1, 0.15) is 29.3 Å². The van der Waals surface area contributed by atoms with Crippen LogP contribution in [0.15, 0.2) is 22.7 Å². The number of alkyl halides is 1. The van der Waals surface area contributed by atoms with E-state index in [0.717, 1.165) is 28.2 Å². The van der Waals surface area contributed by atoms with Gasteiger partial charge in [-0.15, -0.1) is 0 Å². The molecule has 16 heavy (non-hydrogen) atoms. The summed E-state index contributed by atoms with van der Waals surface area (Å²) >= 11 is 6.75. The summed E-state index contributed by atoms with van der Waals surface area (Å²) in [7, 11) is 0. The minimum absolute atomic E-state index is 0.268. The van der Waals surface area contributed by atoms with Gasteiger partial charge >= 0.3 is 5.97 Å². The highest BCUT2D eigenvalue weighted by atomic mass is 79.9. The van der Waals surface area contributed by atoms with Gasteiger partial charge in [-0.25, -0.2) is 4.79 Å². The van der Waals surface area contributed by atoms with Crippen LogP contribution in [-0.2, 0) is 11.2 Å². The smallest absolute Gasteiger partial charge is 0.339 e. The molecule has 0 fully saturated rings. The lowest BCUT2D eigenvalue weighted by molar-refractivity contribution is 0.0525. The molecule has 0 aliphatic rings. The van der Waals surface area contributed by atoms with Crippen molar-refractivity contribution in [2.75, 3.05) is 11.9 Å². The van der Waals surface area contributed by atoms with Gasteiger partial charge in [0.1, 0.15) is 0 Å². The minimum atomic E-state index is -0.268. The number of esters is 1. The van der Waals surface area contributed by atoms with Crippen molar-refractivity contribution < 1.29 is 9.53 Å². The van der Waals surface area contributed by atoms with Crippen LogP contribution in [0.5, 0.6) is 0 Å². The summed E-state index contributed by atoms with van der Waals surface area (Å²) in [5, 5.41) is 0.970. The molecule has 0 amide bonds. The summed E-state index contributed by atoms with van der Waals surface area (Å²) in [5.41, 5.74) is 1.76. The Labute approximate surface area is 113 Å². The molecule has 88 valence electrons. The summed E-state index contributed by atoms with van der Waals surface area (Å²) in [6.07, 6.45) is 2.02. The molecule has 0 aliphatic heterocycles. The fourth-order valence-corrected chi connectivity index (χ4v) is 2.05. The van der Waals surface area contributed by atoms with Crippen LogP contribution in [0.4, 0.5) is 0 Å². The number of carbonyl (C=O) groups is 1. The fraction of sp³-hybridized carbons (Fsp3) is 0.417. The first-order valence-electron chi connectivity index (χ1n) is 5.20. The standard InChI is InChI=1S/C12H14Br2O2/c1-2-16-12(15)10-8-9(4-3-7-13)5-6-11(10)14/h5-6,8H,2-4,7H2,1H3. The molecule has 0 saturated carbocycles. The van der Waals surface area contributed by atoms with E-state index >= 15 is 0 Å². The van der Waals surface area contributed by atoms with Crippen LogP contribution in [-0.4, -0.2) is 17.9 Å². The predicted octanol–water partition coefficient (Wildman–Crippen LogP) is 3.95. The molecule has 1 aromatic carbocycles. The third-order valence-corrected chi connectivity index (χ3v) is 3.38. The molecule has 0 N–H and O–H groups in total. The van der Waals surface area contributed by atoms with Gasteiger partial charge in [-0.3, -0.25) is 0 Å². The molecule has 0 atom stereocenters. The first kappa shape index (κ1) is 13.7. The minimum Gasteiger partial charge on any atom is -0.462 e. The highest BCUT2D eigenvalue weighted by molar-refractivity contribution is 9.10. The van der Waals surface area contributed by atoms with Gasteiger partial charge in [-0.05, 0) is 53.4 Å². The highest BCUT2D eigenvalue weighted by Gasteiger charge is 2.11. The zero-order valence-corrected chi connectivity index (χ0v) is 12.3. The summed E-state index contributed by atoms with van der Waals surface area (Å²) in [5.74, 6) is -0.268. The van der Waals surface area contributed by atoms with Crippen LogP contribution >= 0.6 is 31.9 Å². The fourth-order valence-electron chi connectivity index (χ4n) is 1.36. The summed E-state index contributed by atoms with van der Waals surface area (Å²) in [6, 6.07) is 5.82. The number of carbonyl (C=O) groups excluding carboxylic acids is 1. The molecule has 0 aromatic heterocycles. The highest BCUT2D eigenvalue weighted by Crippen LogP contribution is 2.20. The van der Waals surface area contributed by atoms with Crippen molar-refractivity contribution in [3.8, 4) is 0 Å². The number of benzene rings is 1. The first-order valence-corrected chi connectivity index (χ1v) is 7.12. The third kappa shape index (κ3) is 3.91. The number of hydrogen-bond acceptors (Lipinski definition) is 2. The number of ether oxygens (including phenoxy) is 1. The maximum atomic E-state index is 11.6. The summed E-state index contributed by atoms with van der Waals surface area (Å²) in [4.78, 5) is 11.6. The van der Waals surface area contributed by atoms with Gasteiger partial charge in [0.15, 0.2) is 0 Å². The van der Waals surface area contributed by atoms with Gasteiger partial charge in [0.2, 0.25) is 0 Å². The monoisotopic (exact) mass is 348 g/mol. The van der Waals surface area contributed by atoms with Crippen LogP contribution < -0.4 is 0 Å². The third-order valence-electron chi connectivity index (χ3n) is 2.13. The van der Waals surface area contributed by atoms with Crippen molar-refractivity contribution >= 4 is 37.8 Å². The van der Waals surface area contributed by atoms with Crippen molar-refractivity contribution in [3.63, 3.8) is 0 Å². The van der Waals surface area contributed by atoms with E-state index in [1.54, 1.807) is 6.92 Å². The molecule has 0 aliphatic carbocycles. The zero-order chi connectivity index (χ0) is 12.0. The number of aryl methyl sites for hydroxylation is 1. The van der Waals surface area contributed by atoms with Gasteiger partial charge < -0.3 is 4.74 Å².